The van der Waals surface area contributed by atoms with Gasteiger partial charge in [0.15, 0.2) is 0 Å². The monoisotopic (exact) mass is 322 g/mol. The summed E-state index contributed by atoms with van der Waals surface area (Å²) >= 11 is 0. The Bertz CT molecular complexity index is 727. The van der Waals surface area contributed by atoms with E-state index in [1.165, 1.54) is 10.9 Å². The zero-order valence-electron chi connectivity index (χ0n) is 13.4. The molecule has 1 aromatic carbocycles. The number of rotatable bonds is 3. The molecular formula is C18H21F3N2. The zero-order chi connectivity index (χ0) is 16.6. The summed E-state index contributed by atoms with van der Waals surface area (Å²) in [7, 11) is 0. The minimum Gasteiger partial charge on any atom is -0.366 e. The summed E-state index contributed by atoms with van der Waals surface area (Å²) in [4.78, 5) is 5.53. The SMILES string of the molecule is C/C=C(\CCC(F)(F)F)N1Cc2[nH]c3ccccc3c2CC1C. The van der Waals surface area contributed by atoms with E-state index in [9.17, 15) is 13.2 Å². The summed E-state index contributed by atoms with van der Waals surface area (Å²) in [5.41, 5.74) is 4.30. The van der Waals surface area contributed by atoms with Crippen molar-refractivity contribution in [3.05, 3.63) is 47.3 Å². The summed E-state index contributed by atoms with van der Waals surface area (Å²) in [5.74, 6) is 0. The molecule has 0 saturated heterocycles. The van der Waals surface area contributed by atoms with Gasteiger partial charge in [-0.05, 0) is 38.3 Å². The molecule has 3 rings (SSSR count). The second-order valence-electron chi connectivity index (χ2n) is 6.20. The lowest BCUT2D eigenvalue weighted by Crippen LogP contribution is -2.37. The predicted octanol–water partition coefficient (Wildman–Crippen LogP) is 5.16. The maximum atomic E-state index is 12.5. The third-order valence-electron chi connectivity index (χ3n) is 4.63. The van der Waals surface area contributed by atoms with E-state index < -0.39 is 12.6 Å². The average molecular weight is 322 g/mol. The molecule has 1 aromatic heterocycles. The van der Waals surface area contributed by atoms with E-state index in [4.69, 9.17) is 0 Å². The van der Waals surface area contributed by atoms with Gasteiger partial charge in [-0.25, -0.2) is 0 Å². The normalized spacial score (nSPS) is 19.3. The van der Waals surface area contributed by atoms with Gasteiger partial charge in [-0.3, -0.25) is 0 Å². The van der Waals surface area contributed by atoms with Gasteiger partial charge in [-0.2, -0.15) is 13.2 Å². The Morgan fingerprint density at radius 3 is 2.78 bits per heavy atom. The van der Waals surface area contributed by atoms with E-state index in [1.807, 2.05) is 31.2 Å². The number of nitrogens with one attached hydrogen (secondary N) is 1. The quantitative estimate of drug-likeness (QED) is 0.827. The van der Waals surface area contributed by atoms with Crippen molar-refractivity contribution >= 4 is 10.9 Å². The highest BCUT2D eigenvalue weighted by Crippen LogP contribution is 2.34. The number of allylic oxidation sites excluding steroid dienone is 2. The molecule has 1 aliphatic heterocycles. The Balaban J connectivity index is 1.85. The Hall–Kier alpha value is -1.91. The molecule has 2 aromatic rings. The zero-order valence-corrected chi connectivity index (χ0v) is 13.4. The largest absolute Gasteiger partial charge is 0.389 e. The number of para-hydroxylation sites is 1. The van der Waals surface area contributed by atoms with E-state index in [2.05, 4.69) is 22.9 Å². The minimum absolute atomic E-state index is 0.0416. The van der Waals surface area contributed by atoms with Crippen molar-refractivity contribution in [2.24, 2.45) is 0 Å². The van der Waals surface area contributed by atoms with Crippen molar-refractivity contribution in [2.45, 2.75) is 51.9 Å². The molecule has 0 fully saturated rings. The summed E-state index contributed by atoms with van der Waals surface area (Å²) in [5, 5.41) is 1.23. The van der Waals surface area contributed by atoms with Gasteiger partial charge in [0.05, 0.1) is 6.54 Å². The number of H-pyrrole nitrogens is 1. The van der Waals surface area contributed by atoms with Crippen LogP contribution in [0.2, 0.25) is 0 Å². The lowest BCUT2D eigenvalue weighted by atomic mass is 9.96. The summed E-state index contributed by atoms with van der Waals surface area (Å²) in [6.07, 6.45) is -2.17. The standard InChI is InChI=1S/C18H21F3N2/c1-3-13(8-9-18(19,20)21)23-11-17-15(10-12(23)2)14-6-4-5-7-16(14)22-17/h3-7,12,22H,8-11H2,1-2H3/b13-3+. The molecule has 124 valence electrons. The van der Waals surface area contributed by atoms with Crippen LogP contribution in [0.4, 0.5) is 13.2 Å². The molecule has 1 atom stereocenters. The van der Waals surface area contributed by atoms with Crippen LogP contribution in [-0.4, -0.2) is 22.1 Å². The number of fused-ring (bicyclic) bond motifs is 3. The average Bonchev–Trinajstić information content (AvgIpc) is 2.84. The van der Waals surface area contributed by atoms with Gasteiger partial charge in [-0.15, -0.1) is 0 Å². The van der Waals surface area contributed by atoms with Crippen molar-refractivity contribution in [2.75, 3.05) is 0 Å². The van der Waals surface area contributed by atoms with Crippen LogP contribution in [0.15, 0.2) is 36.0 Å². The lowest BCUT2D eigenvalue weighted by molar-refractivity contribution is -0.134. The van der Waals surface area contributed by atoms with Gasteiger partial charge in [0.25, 0.3) is 0 Å². The molecule has 0 spiro atoms. The smallest absolute Gasteiger partial charge is 0.366 e. The molecule has 23 heavy (non-hydrogen) atoms. The number of benzene rings is 1. The van der Waals surface area contributed by atoms with Crippen LogP contribution in [0.5, 0.6) is 0 Å². The summed E-state index contributed by atoms with van der Waals surface area (Å²) in [6, 6.07) is 8.36. The highest BCUT2D eigenvalue weighted by molar-refractivity contribution is 5.84. The third kappa shape index (κ3) is 3.23. The van der Waals surface area contributed by atoms with Crippen LogP contribution in [0, 0.1) is 0 Å². The van der Waals surface area contributed by atoms with Crippen molar-refractivity contribution in [1.29, 1.82) is 0 Å². The van der Waals surface area contributed by atoms with E-state index >= 15 is 0 Å². The molecule has 1 N–H and O–H groups in total. The van der Waals surface area contributed by atoms with Crippen LogP contribution < -0.4 is 0 Å². The number of halogens is 3. The number of alkyl halides is 3. The molecule has 0 amide bonds. The maximum absolute atomic E-state index is 12.5. The van der Waals surface area contributed by atoms with Crippen LogP contribution >= 0.6 is 0 Å². The molecule has 5 heteroatoms. The van der Waals surface area contributed by atoms with Gasteiger partial charge in [-0.1, -0.05) is 24.3 Å². The van der Waals surface area contributed by atoms with Crippen LogP contribution in [0.25, 0.3) is 10.9 Å². The van der Waals surface area contributed by atoms with E-state index in [-0.39, 0.29) is 12.5 Å². The van der Waals surface area contributed by atoms with E-state index in [0.717, 1.165) is 23.3 Å². The molecule has 1 unspecified atom stereocenters. The van der Waals surface area contributed by atoms with E-state index in [1.54, 1.807) is 0 Å². The minimum atomic E-state index is -4.11. The Morgan fingerprint density at radius 1 is 1.35 bits per heavy atom. The maximum Gasteiger partial charge on any atom is 0.389 e. The lowest BCUT2D eigenvalue weighted by Gasteiger charge is -2.37. The molecule has 0 saturated carbocycles. The molecule has 2 heterocycles. The molecule has 0 bridgehead atoms. The van der Waals surface area contributed by atoms with Crippen LogP contribution in [-0.2, 0) is 13.0 Å². The van der Waals surface area contributed by atoms with Gasteiger partial charge in [0, 0.05) is 34.8 Å². The first-order chi connectivity index (χ1) is 10.9. The van der Waals surface area contributed by atoms with Crippen molar-refractivity contribution < 1.29 is 13.2 Å². The van der Waals surface area contributed by atoms with Gasteiger partial charge < -0.3 is 9.88 Å². The van der Waals surface area contributed by atoms with Gasteiger partial charge in [0.2, 0.25) is 0 Å². The highest BCUT2D eigenvalue weighted by atomic mass is 19.4. The number of hydrogen-bond acceptors (Lipinski definition) is 1. The predicted molar refractivity (Wildman–Crippen MR) is 86.1 cm³/mol. The fourth-order valence-electron chi connectivity index (χ4n) is 3.46. The van der Waals surface area contributed by atoms with Crippen molar-refractivity contribution in [1.82, 2.24) is 9.88 Å². The van der Waals surface area contributed by atoms with E-state index in [0.29, 0.717) is 6.54 Å². The third-order valence-corrected chi connectivity index (χ3v) is 4.63. The Morgan fingerprint density at radius 2 is 2.09 bits per heavy atom. The molecule has 0 radical (unpaired) electrons. The summed E-state index contributed by atoms with van der Waals surface area (Å²) in [6.45, 7) is 4.55. The second-order valence-corrected chi connectivity index (χ2v) is 6.20. The van der Waals surface area contributed by atoms with Crippen LogP contribution in [0.1, 0.15) is 37.9 Å². The summed E-state index contributed by atoms with van der Waals surface area (Å²) < 4.78 is 37.6. The molecular weight excluding hydrogens is 301 g/mol. The van der Waals surface area contributed by atoms with Crippen LogP contribution in [0.3, 0.4) is 0 Å². The molecule has 0 aliphatic carbocycles. The fraction of sp³-hybridized carbons (Fsp3) is 0.444. The Kier molecular flexibility index (Phi) is 4.13. The Labute approximate surface area is 134 Å². The van der Waals surface area contributed by atoms with Gasteiger partial charge >= 0.3 is 6.18 Å². The first-order valence-corrected chi connectivity index (χ1v) is 7.96. The number of aromatic amines is 1. The molecule has 1 aliphatic rings. The van der Waals surface area contributed by atoms with Crippen molar-refractivity contribution in [3.63, 3.8) is 0 Å². The van der Waals surface area contributed by atoms with Crippen molar-refractivity contribution in [3.8, 4) is 0 Å². The fourth-order valence-corrected chi connectivity index (χ4v) is 3.46. The number of aromatic nitrogens is 1. The number of nitrogens with zero attached hydrogens (tertiary/aromatic N) is 1. The first kappa shape index (κ1) is 16.0. The number of hydrogen-bond donors (Lipinski definition) is 1. The molecule has 2 nitrogen and oxygen atoms in total. The highest BCUT2D eigenvalue weighted by Gasteiger charge is 2.31. The van der Waals surface area contributed by atoms with Gasteiger partial charge in [0.1, 0.15) is 0 Å². The topological polar surface area (TPSA) is 19.0 Å². The second kappa shape index (κ2) is 5.95. The first-order valence-electron chi connectivity index (χ1n) is 7.96.